The molecule has 0 saturated heterocycles. The molecular weight excluding hydrogens is 412 g/mol. The Morgan fingerprint density at radius 2 is 1.84 bits per heavy atom. The van der Waals surface area contributed by atoms with E-state index in [4.69, 9.17) is 0 Å². The third-order valence-electron chi connectivity index (χ3n) is 5.35. The van der Waals surface area contributed by atoms with Gasteiger partial charge in [-0.05, 0) is 54.8 Å². The van der Waals surface area contributed by atoms with E-state index in [1.165, 1.54) is 12.3 Å². The Bertz CT molecular complexity index is 1370. The molecule has 1 unspecified atom stereocenters. The van der Waals surface area contributed by atoms with Crippen LogP contribution in [-0.2, 0) is 0 Å². The van der Waals surface area contributed by atoms with Gasteiger partial charge in [0, 0.05) is 17.1 Å². The third-order valence-corrected chi connectivity index (χ3v) is 5.35. The lowest BCUT2D eigenvalue weighted by atomic mass is 10.0. The molecule has 0 aliphatic carbocycles. The van der Waals surface area contributed by atoms with Gasteiger partial charge in [-0.3, -0.25) is 9.67 Å². The molecular formula is C25H19F2N3O2. The Kier molecular flexibility index (Phi) is 5.69. The Balaban J connectivity index is 1.74. The quantitative estimate of drug-likeness (QED) is 0.411. The van der Waals surface area contributed by atoms with Crippen LogP contribution in [0, 0.1) is 11.8 Å². The van der Waals surface area contributed by atoms with Crippen LogP contribution in [0.25, 0.3) is 22.0 Å². The molecule has 0 amide bonds. The largest absolute Gasteiger partial charge is 0.478 e. The van der Waals surface area contributed by atoms with Crippen molar-refractivity contribution in [1.29, 1.82) is 0 Å². The molecule has 5 nitrogen and oxygen atoms in total. The predicted octanol–water partition coefficient (Wildman–Crippen LogP) is 5.71. The van der Waals surface area contributed by atoms with Crippen molar-refractivity contribution in [3.63, 3.8) is 0 Å². The highest BCUT2D eigenvalue weighted by molar-refractivity contribution is 6.03. The minimum Gasteiger partial charge on any atom is -0.478 e. The zero-order valence-electron chi connectivity index (χ0n) is 17.4. The molecule has 7 heteroatoms. The molecule has 2 aromatic heterocycles. The summed E-state index contributed by atoms with van der Waals surface area (Å²) in [4.78, 5) is 15.5. The molecule has 0 spiro atoms. The lowest BCUT2D eigenvalue weighted by Crippen LogP contribution is -2.11. The van der Waals surface area contributed by atoms with E-state index in [9.17, 15) is 18.7 Å². The number of benzene rings is 2. The Morgan fingerprint density at radius 3 is 2.50 bits per heavy atom. The van der Waals surface area contributed by atoms with Gasteiger partial charge in [-0.25, -0.2) is 13.6 Å². The number of aromatic carboxylic acids is 1. The normalized spacial score (nSPS) is 11.9. The fraction of sp³-hybridized carbons (Fsp3) is 0.160. The molecule has 0 bridgehead atoms. The standard InChI is InChI=1S/C25H19F2N3O2/c1-3-4-18-9-10-20(25(31)32)23-21(18)14-29-30(23)15(2)16-5-7-17(8-6-16)19-11-12-28-22(13-19)24(26)27/h5-15,24H,1-2H3,(H,31,32). The highest BCUT2D eigenvalue weighted by Gasteiger charge is 2.20. The van der Waals surface area contributed by atoms with E-state index in [1.807, 2.05) is 31.2 Å². The van der Waals surface area contributed by atoms with E-state index in [2.05, 4.69) is 21.9 Å². The van der Waals surface area contributed by atoms with E-state index < -0.39 is 12.4 Å². The van der Waals surface area contributed by atoms with E-state index in [-0.39, 0.29) is 17.3 Å². The van der Waals surface area contributed by atoms with Crippen molar-refractivity contribution in [2.24, 2.45) is 0 Å². The first-order valence-electron chi connectivity index (χ1n) is 9.91. The summed E-state index contributed by atoms with van der Waals surface area (Å²) in [5.41, 5.74) is 3.43. The van der Waals surface area contributed by atoms with Crippen LogP contribution in [0.15, 0.2) is 60.9 Å². The molecule has 2 heterocycles. The number of halogens is 2. The zero-order valence-corrected chi connectivity index (χ0v) is 17.4. The lowest BCUT2D eigenvalue weighted by Gasteiger charge is -2.16. The fourth-order valence-electron chi connectivity index (χ4n) is 3.72. The summed E-state index contributed by atoms with van der Waals surface area (Å²) >= 11 is 0. The summed E-state index contributed by atoms with van der Waals surface area (Å²) in [5.74, 6) is 4.79. The third kappa shape index (κ3) is 3.83. The number of carbonyl (C=O) groups is 1. The van der Waals surface area contributed by atoms with E-state index in [1.54, 1.807) is 36.0 Å². The van der Waals surface area contributed by atoms with Crippen molar-refractivity contribution in [1.82, 2.24) is 14.8 Å². The molecule has 2 aromatic carbocycles. The minimum atomic E-state index is -2.63. The predicted molar refractivity (Wildman–Crippen MR) is 118 cm³/mol. The van der Waals surface area contributed by atoms with Crippen LogP contribution in [0.4, 0.5) is 8.78 Å². The first-order chi connectivity index (χ1) is 15.4. The summed E-state index contributed by atoms with van der Waals surface area (Å²) in [5, 5.41) is 14.8. The molecule has 160 valence electrons. The van der Waals surface area contributed by atoms with Crippen LogP contribution >= 0.6 is 0 Å². The molecule has 0 saturated carbocycles. The first kappa shape index (κ1) is 21.2. The molecule has 1 atom stereocenters. The van der Waals surface area contributed by atoms with Gasteiger partial charge in [0.1, 0.15) is 5.69 Å². The van der Waals surface area contributed by atoms with E-state index in [0.29, 0.717) is 22.0 Å². The number of nitrogens with zero attached hydrogens (tertiary/aromatic N) is 3. The average molecular weight is 431 g/mol. The fourth-order valence-corrected chi connectivity index (χ4v) is 3.72. The Hall–Kier alpha value is -4.05. The van der Waals surface area contributed by atoms with Crippen LogP contribution < -0.4 is 0 Å². The van der Waals surface area contributed by atoms with Crippen molar-refractivity contribution in [2.45, 2.75) is 26.3 Å². The van der Waals surface area contributed by atoms with Gasteiger partial charge in [0.15, 0.2) is 0 Å². The molecule has 0 radical (unpaired) electrons. The number of aromatic nitrogens is 3. The number of alkyl halides is 2. The molecule has 0 aliphatic heterocycles. The SMILES string of the molecule is CC#Cc1ccc(C(=O)O)c2c1cnn2C(C)c1ccc(-c2ccnc(C(F)F)c2)cc1. The summed E-state index contributed by atoms with van der Waals surface area (Å²) in [6, 6.07) is 13.5. The molecule has 1 N–H and O–H groups in total. The summed E-state index contributed by atoms with van der Waals surface area (Å²) in [6.07, 6.45) is 0.371. The second-order valence-electron chi connectivity index (χ2n) is 7.26. The second kappa shape index (κ2) is 8.60. The van der Waals surface area contributed by atoms with Crippen LogP contribution in [0.2, 0.25) is 0 Å². The average Bonchev–Trinajstić information content (AvgIpc) is 3.24. The second-order valence-corrected chi connectivity index (χ2v) is 7.26. The Morgan fingerprint density at radius 1 is 1.09 bits per heavy atom. The maximum absolute atomic E-state index is 13.0. The number of rotatable bonds is 5. The van der Waals surface area contributed by atoms with Gasteiger partial charge in [0.2, 0.25) is 0 Å². The van der Waals surface area contributed by atoms with Crippen LogP contribution in [-0.4, -0.2) is 25.8 Å². The smallest absolute Gasteiger partial charge is 0.337 e. The van der Waals surface area contributed by atoms with Gasteiger partial charge < -0.3 is 5.11 Å². The molecule has 4 aromatic rings. The maximum Gasteiger partial charge on any atom is 0.337 e. The highest BCUT2D eigenvalue weighted by Crippen LogP contribution is 2.30. The van der Waals surface area contributed by atoms with Gasteiger partial charge in [-0.1, -0.05) is 30.2 Å². The summed E-state index contributed by atoms with van der Waals surface area (Å²) < 4.78 is 27.6. The first-order valence-corrected chi connectivity index (χ1v) is 9.91. The Labute approximate surface area is 183 Å². The van der Waals surface area contributed by atoms with E-state index in [0.717, 1.165) is 11.1 Å². The van der Waals surface area contributed by atoms with Crippen molar-refractivity contribution in [2.75, 3.05) is 0 Å². The van der Waals surface area contributed by atoms with Crippen LogP contribution in [0.5, 0.6) is 0 Å². The van der Waals surface area contributed by atoms with Crippen molar-refractivity contribution in [3.8, 4) is 23.0 Å². The number of carboxylic acids is 1. The molecule has 0 aliphatic rings. The van der Waals surface area contributed by atoms with Crippen LogP contribution in [0.3, 0.4) is 0 Å². The molecule has 32 heavy (non-hydrogen) atoms. The van der Waals surface area contributed by atoms with Crippen molar-refractivity contribution in [3.05, 3.63) is 83.3 Å². The highest BCUT2D eigenvalue weighted by atomic mass is 19.3. The van der Waals surface area contributed by atoms with Crippen molar-refractivity contribution < 1.29 is 18.7 Å². The van der Waals surface area contributed by atoms with Crippen LogP contribution in [0.1, 0.15) is 53.5 Å². The van der Waals surface area contributed by atoms with E-state index >= 15 is 0 Å². The van der Waals surface area contributed by atoms with Gasteiger partial charge >= 0.3 is 5.97 Å². The van der Waals surface area contributed by atoms with Crippen molar-refractivity contribution >= 4 is 16.9 Å². The number of carboxylic acid groups (broad SMARTS) is 1. The molecule has 0 fully saturated rings. The number of hydrogen-bond acceptors (Lipinski definition) is 3. The van der Waals surface area contributed by atoms with Gasteiger partial charge in [-0.2, -0.15) is 5.10 Å². The van der Waals surface area contributed by atoms with Gasteiger partial charge in [0.05, 0.1) is 23.3 Å². The summed E-state index contributed by atoms with van der Waals surface area (Å²) in [7, 11) is 0. The number of fused-ring (bicyclic) bond motifs is 1. The zero-order chi connectivity index (χ0) is 22.8. The molecule has 4 rings (SSSR count). The minimum absolute atomic E-state index is 0.152. The maximum atomic E-state index is 13.0. The van der Waals surface area contributed by atoms with Gasteiger partial charge in [-0.15, -0.1) is 5.92 Å². The summed E-state index contributed by atoms with van der Waals surface area (Å²) in [6.45, 7) is 3.64. The topological polar surface area (TPSA) is 68.0 Å². The lowest BCUT2D eigenvalue weighted by molar-refractivity contribution is 0.0698. The number of pyridine rings is 1. The van der Waals surface area contributed by atoms with Gasteiger partial charge in [0.25, 0.3) is 6.43 Å². The monoisotopic (exact) mass is 431 g/mol. The number of hydrogen-bond donors (Lipinski definition) is 1.